The summed E-state index contributed by atoms with van der Waals surface area (Å²) in [5, 5.41) is 0. The fourth-order valence-electron chi connectivity index (χ4n) is 1.24. The minimum Gasteiger partial charge on any atom is -0.497 e. The number of fused-ring (bicyclic) bond motifs is 1. The van der Waals surface area contributed by atoms with Gasteiger partial charge in [0.05, 0.1) is 12.0 Å². The van der Waals surface area contributed by atoms with Crippen LogP contribution in [0.4, 0.5) is 0 Å². The van der Waals surface area contributed by atoms with E-state index in [-0.39, 0.29) is 5.62 Å². The molecular formula is C10H12O3S. The van der Waals surface area contributed by atoms with Gasteiger partial charge in [0.15, 0.2) is 0 Å². The topological polar surface area (TPSA) is 27.7 Å². The maximum absolute atomic E-state index is 5.53. The molecule has 0 fully saturated rings. The monoisotopic (exact) mass is 212 g/mol. The van der Waals surface area contributed by atoms with Crippen LogP contribution >= 0.6 is 11.8 Å². The van der Waals surface area contributed by atoms with Crippen molar-refractivity contribution < 1.29 is 14.2 Å². The molecule has 0 spiro atoms. The van der Waals surface area contributed by atoms with Crippen molar-refractivity contribution in [1.82, 2.24) is 0 Å². The molecule has 1 aliphatic heterocycles. The molecule has 1 aromatic rings. The third-order valence-electron chi connectivity index (χ3n) is 1.90. The highest BCUT2D eigenvalue weighted by Crippen LogP contribution is 2.42. The number of ether oxygens (including phenoxy) is 3. The quantitative estimate of drug-likeness (QED) is 0.769. The summed E-state index contributed by atoms with van der Waals surface area (Å²) in [6, 6.07) is 5.74. The van der Waals surface area contributed by atoms with E-state index in [1.807, 2.05) is 25.1 Å². The van der Waals surface area contributed by atoms with Crippen molar-refractivity contribution in [3.8, 4) is 11.5 Å². The van der Waals surface area contributed by atoms with E-state index >= 15 is 0 Å². The Labute approximate surface area is 87.3 Å². The summed E-state index contributed by atoms with van der Waals surface area (Å²) >= 11 is 1.57. The average Bonchev–Trinajstić information content (AvgIpc) is 2.59. The van der Waals surface area contributed by atoms with Crippen LogP contribution in [0.3, 0.4) is 0 Å². The van der Waals surface area contributed by atoms with Crippen LogP contribution in [0.2, 0.25) is 0 Å². The Hall–Kier alpha value is -0.870. The first kappa shape index (κ1) is 9.68. The zero-order valence-corrected chi connectivity index (χ0v) is 8.97. The van der Waals surface area contributed by atoms with Gasteiger partial charge in [-0.3, -0.25) is 0 Å². The fourth-order valence-corrected chi connectivity index (χ4v) is 2.22. The molecule has 0 bridgehead atoms. The van der Waals surface area contributed by atoms with Crippen LogP contribution in [0.1, 0.15) is 6.92 Å². The predicted octanol–water partition coefficient (Wildman–Crippen LogP) is 2.50. The van der Waals surface area contributed by atoms with Crippen molar-refractivity contribution in [2.75, 3.05) is 13.7 Å². The number of hydrogen-bond acceptors (Lipinski definition) is 4. The summed E-state index contributed by atoms with van der Waals surface area (Å²) in [4.78, 5) is 1.07. The molecule has 76 valence electrons. The summed E-state index contributed by atoms with van der Waals surface area (Å²) < 4.78 is 16.0. The molecular weight excluding hydrogens is 200 g/mol. The maximum Gasteiger partial charge on any atom is 0.254 e. The van der Waals surface area contributed by atoms with Crippen LogP contribution < -0.4 is 9.47 Å². The highest BCUT2D eigenvalue weighted by Gasteiger charge is 2.24. The Morgan fingerprint density at radius 1 is 1.50 bits per heavy atom. The second-order valence-electron chi connectivity index (χ2n) is 2.79. The molecule has 1 heterocycles. The van der Waals surface area contributed by atoms with Gasteiger partial charge in [-0.2, -0.15) is 0 Å². The summed E-state index contributed by atoms with van der Waals surface area (Å²) in [6.45, 7) is 2.61. The van der Waals surface area contributed by atoms with E-state index in [0.717, 1.165) is 16.4 Å². The van der Waals surface area contributed by atoms with Crippen LogP contribution in [0.5, 0.6) is 11.5 Å². The molecule has 1 atom stereocenters. The minimum absolute atomic E-state index is 0.206. The Morgan fingerprint density at radius 2 is 2.36 bits per heavy atom. The van der Waals surface area contributed by atoms with Crippen molar-refractivity contribution in [2.45, 2.75) is 17.4 Å². The molecule has 3 nitrogen and oxygen atoms in total. The van der Waals surface area contributed by atoms with Crippen molar-refractivity contribution in [3.05, 3.63) is 18.2 Å². The first-order valence-corrected chi connectivity index (χ1v) is 5.34. The van der Waals surface area contributed by atoms with E-state index in [0.29, 0.717) is 6.61 Å². The molecule has 0 amide bonds. The van der Waals surface area contributed by atoms with E-state index in [2.05, 4.69) is 0 Å². The van der Waals surface area contributed by atoms with E-state index in [1.54, 1.807) is 18.9 Å². The zero-order chi connectivity index (χ0) is 9.97. The third kappa shape index (κ3) is 1.81. The number of hydrogen-bond donors (Lipinski definition) is 0. The normalized spacial score (nSPS) is 18.9. The Kier molecular flexibility index (Phi) is 2.84. The number of thioether (sulfide) groups is 1. The summed E-state index contributed by atoms with van der Waals surface area (Å²) in [6.07, 6.45) is 0. The summed E-state index contributed by atoms with van der Waals surface area (Å²) in [5.74, 6) is 1.71. The van der Waals surface area contributed by atoms with E-state index in [4.69, 9.17) is 14.2 Å². The van der Waals surface area contributed by atoms with Crippen LogP contribution in [-0.2, 0) is 4.74 Å². The number of benzene rings is 1. The highest BCUT2D eigenvalue weighted by atomic mass is 32.2. The second-order valence-corrected chi connectivity index (χ2v) is 3.85. The van der Waals surface area contributed by atoms with Crippen molar-refractivity contribution >= 4 is 11.8 Å². The van der Waals surface area contributed by atoms with Gasteiger partial charge in [0.25, 0.3) is 5.62 Å². The maximum atomic E-state index is 5.53. The Bertz CT molecular complexity index is 327. The lowest BCUT2D eigenvalue weighted by atomic mass is 10.3. The Morgan fingerprint density at radius 3 is 3.07 bits per heavy atom. The van der Waals surface area contributed by atoms with Crippen molar-refractivity contribution in [3.63, 3.8) is 0 Å². The third-order valence-corrected chi connectivity index (χ3v) is 2.90. The lowest BCUT2D eigenvalue weighted by Gasteiger charge is -2.07. The smallest absolute Gasteiger partial charge is 0.254 e. The molecule has 0 saturated carbocycles. The molecule has 14 heavy (non-hydrogen) atoms. The van der Waals surface area contributed by atoms with Gasteiger partial charge in [-0.05, 0) is 36.9 Å². The predicted molar refractivity (Wildman–Crippen MR) is 54.9 cm³/mol. The van der Waals surface area contributed by atoms with Gasteiger partial charge < -0.3 is 14.2 Å². The lowest BCUT2D eigenvalue weighted by Crippen LogP contribution is -2.11. The molecule has 1 unspecified atom stereocenters. The first-order chi connectivity index (χ1) is 6.83. The molecule has 2 rings (SSSR count). The number of methoxy groups -OCH3 is 1. The largest absolute Gasteiger partial charge is 0.497 e. The standard InChI is InChI=1S/C10H12O3S/c1-3-12-10-13-8-5-4-7(11-2)6-9(8)14-10/h4-6,10H,3H2,1-2H3. The van der Waals surface area contributed by atoms with Crippen LogP contribution in [0, 0.1) is 0 Å². The van der Waals surface area contributed by atoms with E-state index in [1.165, 1.54) is 0 Å². The van der Waals surface area contributed by atoms with Crippen LogP contribution in [0.25, 0.3) is 0 Å². The van der Waals surface area contributed by atoms with E-state index in [9.17, 15) is 0 Å². The zero-order valence-electron chi connectivity index (χ0n) is 8.15. The van der Waals surface area contributed by atoms with Crippen LogP contribution in [0.15, 0.2) is 23.1 Å². The van der Waals surface area contributed by atoms with E-state index < -0.39 is 0 Å². The average molecular weight is 212 g/mol. The van der Waals surface area contributed by atoms with Crippen molar-refractivity contribution in [1.29, 1.82) is 0 Å². The Balaban J connectivity index is 2.14. The van der Waals surface area contributed by atoms with Gasteiger partial charge in [-0.15, -0.1) is 0 Å². The molecule has 0 radical (unpaired) electrons. The van der Waals surface area contributed by atoms with Gasteiger partial charge in [-0.25, -0.2) is 0 Å². The van der Waals surface area contributed by atoms with Crippen molar-refractivity contribution in [2.24, 2.45) is 0 Å². The molecule has 0 aliphatic carbocycles. The number of rotatable bonds is 3. The molecule has 0 saturated heterocycles. The summed E-state index contributed by atoms with van der Waals surface area (Å²) in [7, 11) is 1.65. The van der Waals surface area contributed by atoms with Crippen LogP contribution in [-0.4, -0.2) is 19.3 Å². The fraction of sp³-hybridized carbons (Fsp3) is 0.400. The minimum atomic E-state index is -0.206. The molecule has 0 N–H and O–H groups in total. The molecule has 0 aromatic heterocycles. The molecule has 4 heteroatoms. The SMILES string of the molecule is CCOC1Oc2ccc(OC)cc2S1. The van der Waals surface area contributed by atoms with Gasteiger partial charge in [0.1, 0.15) is 11.5 Å². The van der Waals surface area contributed by atoms with Gasteiger partial charge in [0, 0.05) is 6.61 Å². The molecule has 1 aromatic carbocycles. The van der Waals surface area contributed by atoms with Gasteiger partial charge in [0.2, 0.25) is 0 Å². The van der Waals surface area contributed by atoms with Gasteiger partial charge in [-0.1, -0.05) is 0 Å². The molecule has 1 aliphatic rings. The first-order valence-electron chi connectivity index (χ1n) is 4.46. The van der Waals surface area contributed by atoms with Gasteiger partial charge >= 0.3 is 0 Å². The highest BCUT2D eigenvalue weighted by molar-refractivity contribution is 8.00. The second kappa shape index (κ2) is 4.11. The lowest BCUT2D eigenvalue weighted by molar-refractivity contribution is -0.00385. The summed E-state index contributed by atoms with van der Waals surface area (Å²) in [5.41, 5.74) is -0.206.